The van der Waals surface area contributed by atoms with Gasteiger partial charge in [0.15, 0.2) is 0 Å². The fraction of sp³-hybridized carbons (Fsp3) is 0.280. The Morgan fingerprint density at radius 2 is 1.84 bits per heavy atom. The summed E-state index contributed by atoms with van der Waals surface area (Å²) in [4.78, 5) is 16.5. The number of nitrogens with one attached hydrogen (secondary N) is 1. The van der Waals surface area contributed by atoms with E-state index in [0.717, 1.165) is 22.5 Å². The van der Waals surface area contributed by atoms with Crippen molar-refractivity contribution < 1.29 is 14.3 Å². The number of carbonyl (C=O) groups is 1. The first-order valence-electron chi connectivity index (χ1n) is 10.1. The van der Waals surface area contributed by atoms with Crippen LogP contribution in [-0.2, 0) is 29.1 Å². The zero-order valence-corrected chi connectivity index (χ0v) is 18.8. The van der Waals surface area contributed by atoms with Crippen molar-refractivity contribution in [1.82, 2.24) is 4.98 Å². The Labute approximate surface area is 188 Å². The molecule has 0 saturated heterocycles. The predicted molar refractivity (Wildman–Crippen MR) is 123 cm³/mol. The lowest BCUT2D eigenvalue weighted by molar-refractivity contribution is -0.153. The third kappa shape index (κ3) is 7.61. The molecule has 0 bridgehead atoms. The SMILES string of the molecule is CC(C)(C)OC(=O)Cc1ccccc1OCc1cc(Cl)cc(NCc2ccccn2)c1. The number of hydrogen-bond donors (Lipinski definition) is 1. The number of ether oxygens (including phenoxy) is 2. The molecule has 0 unspecified atom stereocenters. The second-order valence-electron chi connectivity index (χ2n) is 8.18. The first-order valence-corrected chi connectivity index (χ1v) is 10.5. The maximum Gasteiger partial charge on any atom is 0.310 e. The maximum atomic E-state index is 12.2. The van der Waals surface area contributed by atoms with Crippen molar-refractivity contribution in [2.24, 2.45) is 0 Å². The molecule has 31 heavy (non-hydrogen) atoms. The fourth-order valence-electron chi connectivity index (χ4n) is 3.02. The molecule has 6 heteroatoms. The summed E-state index contributed by atoms with van der Waals surface area (Å²) in [5, 5.41) is 3.95. The van der Waals surface area contributed by atoms with Gasteiger partial charge in [0.05, 0.1) is 18.7 Å². The normalized spacial score (nSPS) is 11.1. The molecule has 0 aliphatic rings. The van der Waals surface area contributed by atoms with Gasteiger partial charge in [-0.25, -0.2) is 0 Å². The van der Waals surface area contributed by atoms with Crippen LogP contribution in [0.25, 0.3) is 0 Å². The van der Waals surface area contributed by atoms with Gasteiger partial charge in [0.1, 0.15) is 18.0 Å². The summed E-state index contributed by atoms with van der Waals surface area (Å²) < 4.78 is 11.4. The molecule has 1 aromatic heterocycles. The molecule has 0 aliphatic carbocycles. The molecule has 2 aromatic carbocycles. The molecule has 0 atom stereocenters. The number of nitrogens with zero attached hydrogens (tertiary/aromatic N) is 1. The van der Waals surface area contributed by atoms with E-state index in [0.29, 0.717) is 23.9 Å². The van der Waals surface area contributed by atoms with E-state index in [1.54, 1.807) is 6.20 Å². The van der Waals surface area contributed by atoms with Gasteiger partial charge in [-0.05, 0) is 62.7 Å². The molecular formula is C25H27ClN2O3. The zero-order chi connectivity index (χ0) is 22.3. The molecule has 0 spiro atoms. The molecule has 0 amide bonds. The summed E-state index contributed by atoms with van der Waals surface area (Å²) in [5.41, 5.74) is 3.01. The minimum Gasteiger partial charge on any atom is -0.489 e. The summed E-state index contributed by atoms with van der Waals surface area (Å²) in [7, 11) is 0. The number of hydrogen-bond acceptors (Lipinski definition) is 5. The van der Waals surface area contributed by atoms with Crippen molar-refractivity contribution in [1.29, 1.82) is 0 Å². The fourth-order valence-corrected chi connectivity index (χ4v) is 3.27. The van der Waals surface area contributed by atoms with E-state index in [-0.39, 0.29) is 12.4 Å². The van der Waals surface area contributed by atoms with Crippen LogP contribution < -0.4 is 10.1 Å². The number of rotatable bonds is 8. The van der Waals surface area contributed by atoms with Crippen LogP contribution in [0.2, 0.25) is 5.02 Å². The van der Waals surface area contributed by atoms with E-state index >= 15 is 0 Å². The molecule has 162 valence electrons. The van der Waals surface area contributed by atoms with Gasteiger partial charge in [-0.1, -0.05) is 35.9 Å². The van der Waals surface area contributed by atoms with Gasteiger partial charge in [-0.3, -0.25) is 9.78 Å². The van der Waals surface area contributed by atoms with Crippen LogP contribution in [0.1, 0.15) is 37.6 Å². The van der Waals surface area contributed by atoms with Gasteiger partial charge in [0, 0.05) is 22.5 Å². The molecule has 0 saturated carbocycles. The number of carbonyl (C=O) groups excluding carboxylic acids is 1. The summed E-state index contributed by atoms with van der Waals surface area (Å²) in [6, 6.07) is 19.0. The smallest absolute Gasteiger partial charge is 0.310 e. The third-order valence-electron chi connectivity index (χ3n) is 4.28. The maximum absolute atomic E-state index is 12.2. The van der Waals surface area contributed by atoms with Crippen molar-refractivity contribution in [2.75, 3.05) is 5.32 Å². The number of benzene rings is 2. The van der Waals surface area contributed by atoms with Crippen molar-refractivity contribution in [3.63, 3.8) is 0 Å². The van der Waals surface area contributed by atoms with E-state index < -0.39 is 5.60 Å². The van der Waals surface area contributed by atoms with Gasteiger partial charge in [0.25, 0.3) is 0 Å². The van der Waals surface area contributed by atoms with E-state index in [4.69, 9.17) is 21.1 Å². The van der Waals surface area contributed by atoms with Crippen LogP contribution in [0.15, 0.2) is 66.9 Å². The van der Waals surface area contributed by atoms with Gasteiger partial charge >= 0.3 is 5.97 Å². The summed E-state index contributed by atoms with van der Waals surface area (Å²) >= 11 is 6.30. The van der Waals surface area contributed by atoms with E-state index in [2.05, 4.69) is 10.3 Å². The Hall–Kier alpha value is -3.05. The highest BCUT2D eigenvalue weighted by Crippen LogP contribution is 2.24. The van der Waals surface area contributed by atoms with Crippen LogP contribution in [0.5, 0.6) is 5.75 Å². The second-order valence-corrected chi connectivity index (χ2v) is 8.62. The highest BCUT2D eigenvalue weighted by Gasteiger charge is 2.18. The monoisotopic (exact) mass is 438 g/mol. The van der Waals surface area contributed by atoms with Gasteiger partial charge in [0.2, 0.25) is 0 Å². The minimum atomic E-state index is -0.521. The lowest BCUT2D eigenvalue weighted by Crippen LogP contribution is -2.25. The highest BCUT2D eigenvalue weighted by molar-refractivity contribution is 6.30. The first-order chi connectivity index (χ1) is 14.8. The molecule has 5 nitrogen and oxygen atoms in total. The minimum absolute atomic E-state index is 0.153. The predicted octanol–water partition coefficient (Wildman–Crippen LogP) is 5.81. The average Bonchev–Trinajstić information content (AvgIpc) is 2.71. The zero-order valence-electron chi connectivity index (χ0n) is 18.0. The van der Waals surface area contributed by atoms with E-state index in [1.165, 1.54) is 0 Å². The Balaban J connectivity index is 1.64. The number of esters is 1. The number of para-hydroxylation sites is 1. The Kier molecular flexibility index (Phi) is 7.53. The van der Waals surface area contributed by atoms with Crippen LogP contribution in [0.3, 0.4) is 0 Å². The molecule has 1 N–H and O–H groups in total. The van der Waals surface area contributed by atoms with E-state index in [9.17, 15) is 4.79 Å². The number of anilines is 1. The first kappa shape index (κ1) is 22.6. The average molecular weight is 439 g/mol. The Bertz CT molecular complexity index is 1020. The number of pyridine rings is 1. The highest BCUT2D eigenvalue weighted by atomic mass is 35.5. The summed E-state index contributed by atoms with van der Waals surface area (Å²) in [6.07, 6.45) is 1.92. The molecule has 0 radical (unpaired) electrons. The van der Waals surface area contributed by atoms with Crippen molar-refractivity contribution >= 4 is 23.3 Å². The van der Waals surface area contributed by atoms with Crippen LogP contribution in [0, 0.1) is 0 Å². The summed E-state index contributed by atoms with van der Waals surface area (Å²) in [5.74, 6) is 0.364. The summed E-state index contributed by atoms with van der Waals surface area (Å²) in [6.45, 7) is 6.48. The quantitative estimate of drug-likeness (QED) is 0.449. The molecule has 1 heterocycles. The van der Waals surface area contributed by atoms with Crippen LogP contribution in [0.4, 0.5) is 5.69 Å². The standard InChI is InChI=1S/C25H27ClN2O3/c1-25(2,3)31-24(29)14-19-8-4-5-10-23(19)30-17-18-12-20(26)15-22(13-18)28-16-21-9-6-7-11-27-21/h4-13,15,28H,14,16-17H2,1-3H3. The molecule has 0 fully saturated rings. The molecule has 0 aliphatic heterocycles. The number of aromatic nitrogens is 1. The molecular weight excluding hydrogens is 412 g/mol. The lowest BCUT2D eigenvalue weighted by atomic mass is 10.1. The second kappa shape index (κ2) is 10.3. The van der Waals surface area contributed by atoms with Gasteiger partial charge in [-0.15, -0.1) is 0 Å². The molecule has 3 aromatic rings. The van der Waals surface area contributed by atoms with Crippen molar-refractivity contribution in [3.8, 4) is 5.75 Å². The van der Waals surface area contributed by atoms with Crippen molar-refractivity contribution in [2.45, 2.75) is 45.9 Å². The third-order valence-corrected chi connectivity index (χ3v) is 4.50. The van der Waals surface area contributed by atoms with Crippen LogP contribution in [-0.4, -0.2) is 16.6 Å². The Morgan fingerprint density at radius 3 is 2.58 bits per heavy atom. The van der Waals surface area contributed by atoms with E-state index in [1.807, 2.05) is 81.4 Å². The number of halogens is 1. The topological polar surface area (TPSA) is 60.5 Å². The van der Waals surface area contributed by atoms with Gasteiger partial charge in [-0.2, -0.15) is 0 Å². The van der Waals surface area contributed by atoms with Crippen molar-refractivity contribution in [3.05, 3.63) is 88.7 Å². The van der Waals surface area contributed by atoms with Crippen LogP contribution >= 0.6 is 11.6 Å². The Morgan fingerprint density at radius 1 is 1.06 bits per heavy atom. The largest absolute Gasteiger partial charge is 0.489 e. The van der Waals surface area contributed by atoms with Gasteiger partial charge < -0.3 is 14.8 Å². The molecule has 3 rings (SSSR count). The lowest BCUT2D eigenvalue weighted by Gasteiger charge is -2.20.